The number of amidine groups is 1. The molecule has 0 bridgehead atoms. The quantitative estimate of drug-likeness (QED) is 0.603. The number of nitrogens with one attached hydrogen (secondary N) is 1. The maximum atomic E-state index is 7.54. The van der Waals surface area contributed by atoms with Crippen molar-refractivity contribution in [2.24, 2.45) is 5.73 Å². The van der Waals surface area contributed by atoms with E-state index in [4.69, 9.17) is 22.7 Å². The normalized spacial score (nSPS) is 12.1. The maximum absolute atomic E-state index is 7.54. The van der Waals surface area contributed by atoms with Crippen molar-refractivity contribution in [2.75, 3.05) is 0 Å². The molecular weight excluding hydrogens is 288 g/mol. The van der Waals surface area contributed by atoms with E-state index in [0.717, 1.165) is 16.3 Å². The van der Waals surface area contributed by atoms with E-state index in [-0.39, 0.29) is 11.1 Å². The van der Waals surface area contributed by atoms with Gasteiger partial charge in [-0.2, -0.15) is 0 Å². The van der Waals surface area contributed by atoms with Crippen LogP contribution in [-0.2, 0) is 5.75 Å². The van der Waals surface area contributed by atoms with Gasteiger partial charge >= 0.3 is 0 Å². The largest absolute Gasteiger partial charge is 0.388 e. The average molecular weight is 305 g/mol. The minimum Gasteiger partial charge on any atom is -0.388 e. The molecule has 0 fully saturated rings. The van der Waals surface area contributed by atoms with Crippen LogP contribution in [0, 0.1) is 5.41 Å². The zero-order chi connectivity index (χ0) is 14.4. The van der Waals surface area contributed by atoms with E-state index in [1.165, 1.54) is 5.56 Å². The molecule has 0 saturated carbocycles. The summed E-state index contributed by atoms with van der Waals surface area (Å²) in [5.41, 5.74) is 7.88. The Morgan fingerprint density at radius 2 is 1.75 bits per heavy atom. The van der Waals surface area contributed by atoms with Gasteiger partial charge in [-0.15, -0.1) is 11.8 Å². The molecule has 4 heteroatoms. The molecule has 0 aliphatic heterocycles. The molecule has 2 nitrogen and oxygen atoms in total. The first-order valence-corrected chi connectivity index (χ1v) is 7.82. The number of benzene rings is 2. The Kier molecular flexibility index (Phi) is 5.50. The van der Waals surface area contributed by atoms with Crippen LogP contribution in [0.25, 0.3) is 0 Å². The first kappa shape index (κ1) is 14.9. The Bertz CT molecular complexity index is 572. The Hall–Kier alpha value is -1.45. The topological polar surface area (TPSA) is 49.9 Å². The highest BCUT2D eigenvalue weighted by Gasteiger charge is 2.14. The van der Waals surface area contributed by atoms with Gasteiger partial charge in [0, 0.05) is 22.4 Å². The number of hydrogen-bond acceptors (Lipinski definition) is 2. The summed E-state index contributed by atoms with van der Waals surface area (Å²) in [6.07, 6.45) is 0.555. The van der Waals surface area contributed by atoms with Crippen molar-refractivity contribution >= 4 is 29.2 Å². The monoisotopic (exact) mass is 304 g/mol. The van der Waals surface area contributed by atoms with E-state index in [9.17, 15) is 0 Å². The molecule has 0 spiro atoms. The summed E-state index contributed by atoms with van der Waals surface area (Å²) in [4.78, 5) is 0. The van der Waals surface area contributed by atoms with Gasteiger partial charge in [-0.3, -0.25) is 5.41 Å². The molecule has 20 heavy (non-hydrogen) atoms. The van der Waals surface area contributed by atoms with Gasteiger partial charge in [-0.1, -0.05) is 60.1 Å². The van der Waals surface area contributed by atoms with Crippen LogP contribution < -0.4 is 5.73 Å². The third-order valence-corrected chi connectivity index (χ3v) is 4.66. The van der Waals surface area contributed by atoms with E-state index in [0.29, 0.717) is 6.42 Å². The minimum atomic E-state index is 0.185. The van der Waals surface area contributed by atoms with E-state index in [2.05, 4.69) is 12.1 Å². The predicted octanol–water partition coefficient (Wildman–Crippen LogP) is 4.64. The average Bonchev–Trinajstić information content (AvgIpc) is 2.45. The summed E-state index contributed by atoms with van der Waals surface area (Å²) in [7, 11) is 0. The van der Waals surface area contributed by atoms with E-state index >= 15 is 0 Å². The summed E-state index contributed by atoms with van der Waals surface area (Å²) in [5.74, 6) is 1.03. The molecule has 0 aromatic heterocycles. The highest BCUT2D eigenvalue weighted by atomic mass is 35.5. The van der Waals surface area contributed by atoms with Gasteiger partial charge < -0.3 is 5.73 Å². The standard InChI is InChI=1S/C16H17ClN2S/c17-14-9-5-4-8-13(14)11-20-15(10-16(18)19)12-6-2-1-3-7-12/h1-9,15H,10-11H2,(H3,18,19). The third-order valence-electron chi connectivity index (χ3n) is 2.97. The third kappa shape index (κ3) is 4.29. The van der Waals surface area contributed by atoms with Crippen LogP contribution in [0.15, 0.2) is 54.6 Å². The summed E-state index contributed by atoms with van der Waals surface area (Å²) < 4.78 is 0. The zero-order valence-corrected chi connectivity index (χ0v) is 12.6. The molecule has 2 aromatic carbocycles. The molecule has 0 saturated heterocycles. The molecule has 3 N–H and O–H groups in total. The molecule has 0 radical (unpaired) electrons. The van der Waals surface area contributed by atoms with Gasteiger partial charge in [0.15, 0.2) is 0 Å². The first-order chi connectivity index (χ1) is 9.66. The Morgan fingerprint density at radius 3 is 2.40 bits per heavy atom. The first-order valence-electron chi connectivity index (χ1n) is 6.39. The van der Waals surface area contributed by atoms with Crippen molar-refractivity contribution in [3.8, 4) is 0 Å². The molecule has 104 valence electrons. The van der Waals surface area contributed by atoms with Gasteiger partial charge in [0.2, 0.25) is 0 Å². The molecule has 1 unspecified atom stereocenters. The molecular formula is C16H17ClN2S. The molecule has 0 aliphatic carbocycles. The van der Waals surface area contributed by atoms with Crippen LogP contribution in [0.4, 0.5) is 0 Å². The van der Waals surface area contributed by atoms with Crippen molar-refractivity contribution in [3.63, 3.8) is 0 Å². The molecule has 0 heterocycles. The van der Waals surface area contributed by atoms with Crippen LogP contribution in [0.3, 0.4) is 0 Å². The van der Waals surface area contributed by atoms with Crippen LogP contribution >= 0.6 is 23.4 Å². The lowest BCUT2D eigenvalue weighted by molar-refractivity contribution is 0.984. The lowest BCUT2D eigenvalue weighted by Gasteiger charge is -2.16. The second-order valence-corrected chi connectivity index (χ2v) is 6.13. The number of nitrogens with two attached hydrogens (primary N) is 1. The Labute approximate surface area is 128 Å². The molecule has 2 aromatic rings. The smallest absolute Gasteiger partial charge is 0.0919 e. The van der Waals surface area contributed by atoms with Crippen LogP contribution in [0.2, 0.25) is 5.02 Å². The van der Waals surface area contributed by atoms with E-state index in [1.54, 1.807) is 11.8 Å². The summed E-state index contributed by atoms with van der Waals surface area (Å²) in [5, 5.41) is 8.51. The second kappa shape index (κ2) is 7.36. The minimum absolute atomic E-state index is 0.185. The fraction of sp³-hybridized carbons (Fsp3) is 0.188. The van der Waals surface area contributed by atoms with Crippen LogP contribution in [0.5, 0.6) is 0 Å². The van der Waals surface area contributed by atoms with Crippen molar-refractivity contribution < 1.29 is 0 Å². The molecule has 0 amide bonds. The van der Waals surface area contributed by atoms with E-state index < -0.39 is 0 Å². The fourth-order valence-corrected chi connectivity index (χ4v) is 3.51. The maximum Gasteiger partial charge on any atom is 0.0919 e. The molecule has 2 rings (SSSR count). The van der Waals surface area contributed by atoms with Crippen LogP contribution in [-0.4, -0.2) is 5.84 Å². The van der Waals surface area contributed by atoms with Crippen molar-refractivity contribution in [3.05, 3.63) is 70.7 Å². The zero-order valence-electron chi connectivity index (χ0n) is 11.1. The van der Waals surface area contributed by atoms with Gasteiger partial charge in [0.25, 0.3) is 0 Å². The highest BCUT2D eigenvalue weighted by molar-refractivity contribution is 7.98. The molecule has 1 atom stereocenters. The molecule has 0 aliphatic rings. The van der Waals surface area contributed by atoms with Gasteiger partial charge in [-0.05, 0) is 17.2 Å². The van der Waals surface area contributed by atoms with Gasteiger partial charge in [-0.25, -0.2) is 0 Å². The van der Waals surface area contributed by atoms with E-state index in [1.807, 2.05) is 42.5 Å². The number of thioether (sulfide) groups is 1. The van der Waals surface area contributed by atoms with Crippen LogP contribution in [0.1, 0.15) is 22.8 Å². The summed E-state index contributed by atoms with van der Waals surface area (Å²) in [6, 6.07) is 18.0. The Morgan fingerprint density at radius 1 is 1.10 bits per heavy atom. The van der Waals surface area contributed by atoms with Gasteiger partial charge in [0.1, 0.15) is 0 Å². The van der Waals surface area contributed by atoms with Crippen molar-refractivity contribution in [1.29, 1.82) is 5.41 Å². The lowest BCUT2D eigenvalue weighted by Crippen LogP contribution is -2.13. The number of hydrogen-bond donors (Lipinski definition) is 2. The Balaban J connectivity index is 2.09. The number of rotatable bonds is 6. The van der Waals surface area contributed by atoms with Crippen molar-refractivity contribution in [2.45, 2.75) is 17.4 Å². The SMILES string of the molecule is N=C(N)CC(SCc1ccccc1Cl)c1ccccc1. The second-order valence-electron chi connectivity index (χ2n) is 4.53. The summed E-state index contributed by atoms with van der Waals surface area (Å²) in [6.45, 7) is 0. The van der Waals surface area contributed by atoms with Gasteiger partial charge in [0.05, 0.1) is 5.84 Å². The predicted molar refractivity (Wildman–Crippen MR) is 88.5 cm³/mol. The van der Waals surface area contributed by atoms with Crippen molar-refractivity contribution in [1.82, 2.24) is 0 Å². The fourth-order valence-electron chi connectivity index (χ4n) is 1.95. The summed E-state index contributed by atoms with van der Waals surface area (Å²) >= 11 is 7.94. The number of halogens is 1. The lowest BCUT2D eigenvalue weighted by atomic mass is 10.1. The highest BCUT2D eigenvalue weighted by Crippen LogP contribution is 2.35.